The van der Waals surface area contributed by atoms with Gasteiger partial charge in [-0.1, -0.05) is 18.2 Å². The lowest BCUT2D eigenvalue weighted by molar-refractivity contribution is -0.134. The molecule has 0 saturated carbocycles. The van der Waals surface area contributed by atoms with Crippen LogP contribution < -0.4 is 14.4 Å². The second kappa shape index (κ2) is 9.87. The summed E-state index contributed by atoms with van der Waals surface area (Å²) in [7, 11) is 2.70. The van der Waals surface area contributed by atoms with E-state index in [2.05, 4.69) is 4.74 Å². The molecule has 0 fully saturated rings. The molecule has 0 spiro atoms. The molecule has 0 radical (unpaired) electrons. The van der Waals surface area contributed by atoms with Gasteiger partial charge >= 0.3 is 11.9 Å². The Hall–Kier alpha value is -4.72. The van der Waals surface area contributed by atoms with Gasteiger partial charge in [-0.2, -0.15) is 0 Å². The minimum Gasteiger partial charge on any atom is -0.493 e. The number of carbonyl (C=O) groups excluding carboxylic acids is 4. The third kappa shape index (κ3) is 4.61. The number of methoxy groups -OCH3 is 2. The van der Waals surface area contributed by atoms with Crippen molar-refractivity contribution in [1.82, 2.24) is 0 Å². The molecule has 36 heavy (non-hydrogen) atoms. The smallest absolute Gasteiger partial charge is 0.343 e. The summed E-state index contributed by atoms with van der Waals surface area (Å²) < 4.78 is 15.4. The fourth-order valence-electron chi connectivity index (χ4n) is 3.81. The standard InChI is InChI=1S/C28H23NO7/c1-16-5-6-17(2)22(13-16)29-26(31)20-10-9-19(15-21(20)27(29)32)28(33)36-23-11-7-18(14-24(23)34-3)8-12-25(30)35-4/h5-15H,1-4H3/b12-8+. The van der Waals surface area contributed by atoms with Gasteiger partial charge < -0.3 is 14.2 Å². The summed E-state index contributed by atoms with van der Waals surface area (Å²) in [5.74, 6) is -1.76. The molecule has 0 aromatic heterocycles. The van der Waals surface area contributed by atoms with Crippen molar-refractivity contribution in [1.29, 1.82) is 0 Å². The number of fused-ring (bicyclic) bond motifs is 1. The van der Waals surface area contributed by atoms with Gasteiger partial charge in [-0.25, -0.2) is 14.5 Å². The minimum atomic E-state index is -0.723. The quantitative estimate of drug-likeness (QED) is 0.219. The van der Waals surface area contributed by atoms with Crippen molar-refractivity contribution in [3.8, 4) is 11.5 Å². The Morgan fingerprint density at radius 3 is 2.31 bits per heavy atom. The van der Waals surface area contributed by atoms with E-state index < -0.39 is 23.8 Å². The number of rotatable bonds is 6. The maximum Gasteiger partial charge on any atom is 0.343 e. The van der Waals surface area contributed by atoms with Crippen molar-refractivity contribution in [3.63, 3.8) is 0 Å². The van der Waals surface area contributed by atoms with E-state index >= 15 is 0 Å². The van der Waals surface area contributed by atoms with Gasteiger partial charge in [0.1, 0.15) is 0 Å². The fraction of sp³-hybridized carbons (Fsp3) is 0.143. The van der Waals surface area contributed by atoms with Crippen LogP contribution in [0.5, 0.6) is 11.5 Å². The summed E-state index contributed by atoms with van der Waals surface area (Å²) in [6.07, 6.45) is 2.79. The highest BCUT2D eigenvalue weighted by Gasteiger charge is 2.38. The predicted molar refractivity (Wildman–Crippen MR) is 133 cm³/mol. The molecule has 0 atom stereocenters. The molecule has 0 unspecified atom stereocenters. The first-order chi connectivity index (χ1) is 17.2. The van der Waals surface area contributed by atoms with Crippen LogP contribution in [0.2, 0.25) is 0 Å². The Bertz CT molecular complexity index is 1440. The number of carbonyl (C=O) groups is 4. The van der Waals surface area contributed by atoms with E-state index in [0.29, 0.717) is 11.3 Å². The summed E-state index contributed by atoms with van der Waals surface area (Å²) in [4.78, 5) is 51.5. The average molecular weight is 485 g/mol. The highest BCUT2D eigenvalue weighted by atomic mass is 16.6. The number of benzene rings is 3. The second-order valence-electron chi connectivity index (χ2n) is 8.15. The van der Waals surface area contributed by atoms with Gasteiger partial charge in [0.25, 0.3) is 11.8 Å². The van der Waals surface area contributed by atoms with Crippen LogP contribution in [0.25, 0.3) is 6.08 Å². The van der Waals surface area contributed by atoms with Gasteiger partial charge in [0.05, 0.1) is 36.6 Å². The van der Waals surface area contributed by atoms with Crippen LogP contribution in [0.4, 0.5) is 5.69 Å². The summed E-state index contributed by atoms with van der Waals surface area (Å²) in [6.45, 7) is 3.70. The molecule has 3 aromatic rings. The second-order valence-corrected chi connectivity index (χ2v) is 8.15. The highest BCUT2D eigenvalue weighted by molar-refractivity contribution is 6.35. The monoisotopic (exact) mass is 485 g/mol. The zero-order valence-electron chi connectivity index (χ0n) is 20.2. The van der Waals surface area contributed by atoms with Crippen molar-refractivity contribution in [3.05, 3.63) is 94.1 Å². The molecule has 8 nitrogen and oxygen atoms in total. The SMILES string of the molecule is COC(=O)/C=C/c1ccc(OC(=O)c2ccc3c(c2)C(=O)N(c2cc(C)ccc2C)C3=O)c(OC)c1. The number of hydrogen-bond donors (Lipinski definition) is 0. The zero-order chi connectivity index (χ0) is 26.0. The van der Waals surface area contributed by atoms with E-state index in [1.807, 2.05) is 26.0 Å². The van der Waals surface area contributed by atoms with E-state index in [0.717, 1.165) is 16.0 Å². The van der Waals surface area contributed by atoms with Crippen molar-refractivity contribution >= 4 is 35.5 Å². The van der Waals surface area contributed by atoms with Crippen LogP contribution in [0.15, 0.2) is 60.7 Å². The molecule has 1 aliphatic heterocycles. The van der Waals surface area contributed by atoms with Gasteiger partial charge in [-0.3, -0.25) is 9.59 Å². The molecular weight excluding hydrogens is 462 g/mol. The summed E-state index contributed by atoms with van der Waals surface area (Å²) >= 11 is 0. The lowest BCUT2D eigenvalue weighted by atomic mass is 10.1. The molecule has 8 heteroatoms. The highest BCUT2D eigenvalue weighted by Crippen LogP contribution is 2.33. The minimum absolute atomic E-state index is 0.106. The van der Waals surface area contributed by atoms with Crippen LogP contribution in [0.1, 0.15) is 47.8 Å². The summed E-state index contributed by atoms with van der Waals surface area (Å²) in [5, 5.41) is 0. The van der Waals surface area contributed by atoms with E-state index in [4.69, 9.17) is 9.47 Å². The van der Waals surface area contributed by atoms with Crippen molar-refractivity contribution in [2.75, 3.05) is 19.1 Å². The Balaban J connectivity index is 1.59. The molecule has 3 aromatic carbocycles. The van der Waals surface area contributed by atoms with Gasteiger partial charge in [-0.05, 0) is 73.0 Å². The number of imide groups is 1. The van der Waals surface area contributed by atoms with Gasteiger partial charge in [0, 0.05) is 6.08 Å². The maximum absolute atomic E-state index is 13.2. The molecule has 2 amide bonds. The van der Waals surface area contributed by atoms with E-state index in [-0.39, 0.29) is 28.2 Å². The number of amides is 2. The fourth-order valence-corrected chi connectivity index (χ4v) is 3.81. The molecule has 1 aliphatic rings. The van der Waals surface area contributed by atoms with Crippen LogP contribution in [-0.2, 0) is 9.53 Å². The van der Waals surface area contributed by atoms with Gasteiger partial charge in [-0.15, -0.1) is 0 Å². The average Bonchev–Trinajstić information content (AvgIpc) is 3.13. The van der Waals surface area contributed by atoms with Gasteiger partial charge in [0.2, 0.25) is 0 Å². The molecule has 1 heterocycles. The molecule has 0 bridgehead atoms. The number of ether oxygens (including phenoxy) is 3. The zero-order valence-corrected chi connectivity index (χ0v) is 20.2. The largest absolute Gasteiger partial charge is 0.493 e. The molecule has 0 saturated heterocycles. The number of hydrogen-bond acceptors (Lipinski definition) is 7. The van der Waals surface area contributed by atoms with Crippen LogP contribution >= 0.6 is 0 Å². The first-order valence-corrected chi connectivity index (χ1v) is 11.0. The van der Waals surface area contributed by atoms with Crippen molar-refractivity contribution < 1.29 is 33.4 Å². The number of anilines is 1. The van der Waals surface area contributed by atoms with Crippen molar-refractivity contribution in [2.45, 2.75) is 13.8 Å². The van der Waals surface area contributed by atoms with E-state index in [9.17, 15) is 19.2 Å². The molecule has 0 N–H and O–H groups in total. The van der Waals surface area contributed by atoms with Crippen molar-refractivity contribution in [2.24, 2.45) is 0 Å². The third-order valence-corrected chi connectivity index (χ3v) is 5.73. The third-order valence-electron chi connectivity index (χ3n) is 5.73. The molecule has 0 aliphatic carbocycles. The molecule has 182 valence electrons. The Labute approximate surface area is 207 Å². The summed E-state index contributed by atoms with van der Waals surface area (Å²) in [5.41, 5.74) is 3.29. The van der Waals surface area contributed by atoms with E-state index in [1.54, 1.807) is 18.2 Å². The Morgan fingerprint density at radius 2 is 1.58 bits per heavy atom. The predicted octanol–water partition coefficient (Wildman–Crippen LogP) is 4.52. The Morgan fingerprint density at radius 1 is 0.833 bits per heavy atom. The van der Waals surface area contributed by atoms with Crippen LogP contribution in [0.3, 0.4) is 0 Å². The lowest BCUT2D eigenvalue weighted by Gasteiger charge is -2.17. The first-order valence-electron chi connectivity index (χ1n) is 11.0. The summed E-state index contributed by atoms with van der Waals surface area (Å²) in [6, 6.07) is 14.5. The normalized spacial score (nSPS) is 12.6. The van der Waals surface area contributed by atoms with Gasteiger partial charge in [0.15, 0.2) is 11.5 Å². The number of nitrogens with zero attached hydrogens (tertiary/aromatic N) is 1. The van der Waals surface area contributed by atoms with E-state index in [1.165, 1.54) is 50.6 Å². The van der Waals surface area contributed by atoms with Crippen LogP contribution in [0, 0.1) is 13.8 Å². The topological polar surface area (TPSA) is 99.2 Å². The maximum atomic E-state index is 13.2. The number of aryl methyl sites for hydroxylation is 2. The molecule has 4 rings (SSSR count). The first kappa shape index (κ1) is 24.4. The Kier molecular flexibility index (Phi) is 6.69. The van der Waals surface area contributed by atoms with Crippen LogP contribution in [-0.4, -0.2) is 38.0 Å². The number of esters is 2. The molecular formula is C28H23NO7. The lowest BCUT2D eigenvalue weighted by Crippen LogP contribution is -2.30.